The topological polar surface area (TPSA) is 23.8 Å². The molecule has 6 heavy (non-hydrogen) atoms. The zero-order valence-corrected chi connectivity index (χ0v) is 3.79. The van der Waals surface area contributed by atoms with Crippen LogP contribution in [0.5, 0.6) is 0 Å². The van der Waals surface area contributed by atoms with Gasteiger partial charge in [-0.25, -0.2) is 0 Å². The number of nitrogens with zero attached hydrogens (tertiary/aromatic N) is 1. The third-order valence-electron chi connectivity index (χ3n) is 0.253. The lowest BCUT2D eigenvalue weighted by Crippen LogP contribution is -1.48. The summed E-state index contributed by atoms with van der Waals surface area (Å²) in [5, 5.41) is 7.82. The molecule has 0 aliphatic carbocycles. The molecule has 0 atom stereocenters. The summed E-state index contributed by atoms with van der Waals surface area (Å²) in [6, 6.07) is 1.62. The highest BCUT2D eigenvalue weighted by Crippen LogP contribution is 1.90. The zero-order valence-electron chi connectivity index (χ0n) is 3.03. The van der Waals surface area contributed by atoms with Crippen LogP contribution >= 0.6 is 11.6 Å². The molecule has 0 N–H and O–H groups in total. The third kappa shape index (κ3) is 1.60. The Morgan fingerprint density at radius 3 is 2.33 bits per heavy atom. The monoisotopic (exact) mass is 99.0 g/mol. The van der Waals surface area contributed by atoms with E-state index >= 15 is 0 Å². The molecular weight excluding hydrogens is 97.5 g/mol. The summed E-state index contributed by atoms with van der Waals surface area (Å²) in [7, 11) is 0. The maximum atomic E-state index is 7.81. The number of hydrogen-bond acceptors (Lipinski definition) is 1. The molecule has 0 aliphatic heterocycles. The Bertz CT molecular complexity index is 125. The van der Waals surface area contributed by atoms with Crippen LogP contribution in [-0.2, 0) is 0 Å². The molecule has 0 saturated carbocycles. The van der Waals surface area contributed by atoms with E-state index in [9.17, 15) is 0 Å². The number of halogens is 1. The van der Waals surface area contributed by atoms with Crippen molar-refractivity contribution in [2.75, 3.05) is 0 Å². The van der Waals surface area contributed by atoms with Crippen LogP contribution in [0.3, 0.4) is 0 Å². The lowest BCUT2D eigenvalue weighted by molar-refractivity contribution is 1.53. The highest BCUT2D eigenvalue weighted by molar-refractivity contribution is 6.31. The molecular formula is C4H2ClN. The Labute approximate surface area is 41.2 Å². The van der Waals surface area contributed by atoms with E-state index in [2.05, 4.69) is 12.3 Å². The van der Waals surface area contributed by atoms with E-state index in [1.54, 1.807) is 6.07 Å². The molecule has 1 nitrogen and oxygen atoms in total. The molecule has 0 radical (unpaired) electrons. The molecule has 0 aromatic heterocycles. The van der Waals surface area contributed by atoms with Crippen molar-refractivity contribution in [3.63, 3.8) is 0 Å². The highest BCUT2D eigenvalue weighted by atomic mass is 35.5. The second-order valence-corrected chi connectivity index (χ2v) is 0.981. The SMILES string of the molecule is C=C=C(Cl)C#N. The van der Waals surface area contributed by atoms with Gasteiger partial charge < -0.3 is 0 Å². The van der Waals surface area contributed by atoms with E-state index < -0.39 is 0 Å². The first-order valence-electron chi connectivity index (χ1n) is 1.27. The quantitative estimate of drug-likeness (QED) is 0.333. The maximum absolute atomic E-state index is 7.81. The van der Waals surface area contributed by atoms with Crippen molar-refractivity contribution in [3.05, 3.63) is 17.3 Å². The summed E-state index contributed by atoms with van der Waals surface area (Å²) in [5.74, 6) is 0. The van der Waals surface area contributed by atoms with Crippen molar-refractivity contribution in [3.8, 4) is 6.07 Å². The predicted octanol–water partition coefficient (Wildman–Crippen LogP) is 1.42. The molecule has 0 amide bonds. The number of allylic oxidation sites excluding steroid dienone is 1. The minimum Gasteiger partial charge on any atom is -0.191 e. The molecule has 0 spiro atoms. The Morgan fingerprint density at radius 2 is 2.33 bits per heavy atom. The van der Waals surface area contributed by atoms with Gasteiger partial charge in [0.15, 0.2) is 5.03 Å². The average molecular weight is 99.5 g/mol. The molecule has 0 aromatic rings. The first kappa shape index (κ1) is 5.30. The van der Waals surface area contributed by atoms with Gasteiger partial charge in [-0.15, -0.1) is 0 Å². The summed E-state index contributed by atoms with van der Waals surface area (Å²) >= 11 is 5.03. The summed E-state index contributed by atoms with van der Waals surface area (Å²) < 4.78 is 0. The average Bonchev–Trinajstić information content (AvgIpc) is 1.65. The number of hydrogen-bond donors (Lipinski definition) is 0. The van der Waals surface area contributed by atoms with Gasteiger partial charge in [-0.3, -0.25) is 0 Å². The van der Waals surface area contributed by atoms with E-state index in [0.717, 1.165) is 0 Å². The lowest BCUT2D eigenvalue weighted by atomic mass is 10.7. The molecule has 0 aromatic carbocycles. The van der Waals surface area contributed by atoms with Crippen molar-refractivity contribution in [2.24, 2.45) is 0 Å². The largest absolute Gasteiger partial charge is 0.191 e. The van der Waals surface area contributed by atoms with Gasteiger partial charge in [-0.05, 0) is 0 Å². The Morgan fingerprint density at radius 1 is 1.83 bits per heavy atom. The molecule has 0 bridgehead atoms. The second kappa shape index (κ2) is 2.53. The van der Waals surface area contributed by atoms with Crippen LogP contribution in [-0.4, -0.2) is 0 Å². The molecule has 0 rings (SSSR count). The van der Waals surface area contributed by atoms with Crippen molar-refractivity contribution in [1.29, 1.82) is 5.26 Å². The molecule has 30 valence electrons. The van der Waals surface area contributed by atoms with Crippen molar-refractivity contribution < 1.29 is 0 Å². The highest BCUT2D eigenvalue weighted by Gasteiger charge is 1.73. The second-order valence-electron chi connectivity index (χ2n) is 0.603. The fourth-order valence-corrected chi connectivity index (χ4v) is 0.0395. The minimum atomic E-state index is 0.00926. The van der Waals surface area contributed by atoms with Crippen LogP contribution in [0.4, 0.5) is 0 Å². The van der Waals surface area contributed by atoms with Gasteiger partial charge in [0, 0.05) is 0 Å². The fourth-order valence-electron chi connectivity index (χ4n) is 0.0395. The first-order valence-corrected chi connectivity index (χ1v) is 1.64. The summed E-state index contributed by atoms with van der Waals surface area (Å²) in [6.45, 7) is 3.11. The van der Waals surface area contributed by atoms with Crippen LogP contribution in [0.1, 0.15) is 0 Å². The van der Waals surface area contributed by atoms with Gasteiger partial charge in [0.1, 0.15) is 6.07 Å². The molecule has 0 fully saturated rings. The van der Waals surface area contributed by atoms with Crippen molar-refractivity contribution >= 4 is 11.6 Å². The summed E-state index contributed by atoms with van der Waals surface area (Å²) in [4.78, 5) is 0. The van der Waals surface area contributed by atoms with Crippen LogP contribution in [0.15, 0.2) is 17.3 Å². The van der Waals surface area contributed by atoms with Crippen molar-refractivity contribution in [2.45, 2.75) is 0 Å². The molecule has 2 heteroatoms. The van der Waals surface area contributed by atoms with E-state index in [4.69, 9.17) is 16.9 Å². The lowest BCUT2D eigenvalue weighted by Gasteiger charge is -1.59. The van der Waals surface area contributed by atoms with Gasteiger partial charge in [0.25, 0.3) is 0 Å². The zero-order chi connectivity index (χ0) is 4.99. The van der Waals surface area contributed by atoms with Crippen LogP contribution in [0.25, 0.3) is 0 Å². The standard InChI is InChI=1S/C4H2ClN/c1-2-4(5)3-6/h1H2. The Kier molecular flexibility index (Phi) is 2.24. The minimum absolute atomic E-state index is 0.00926. The van der Waals surface area contributed by atoms with Gasteiger partial charge >= 0.3 is 0 Å². The third-order valence-corrected chi connectivity index (χ3v) is 0.472. The van der Waals surface area contributed by atoms with E-state index in [-0.39, 0.29) is 5.03 Å². The van der Waals surface area contributed by atoms with Crippen LogP contribution in [0, 0.1) is 11.3 Å². The van der Waals surface area contributed by atoms with Gasteiger partial charge in [0.05, 0.1) is 0 Å². The number of nitriles is 1. The van der Waals surface area contributed by atoms with Gasteiger partial charge in [-0.2, -0.15) is 5.26 Å². The molecule has 0 heterocycles. The van der Waals surface area contributed by atoms with Gasteiger partial charge in [0.2, 0.25) is 0 Å². The first-order chi connectivity index (χ1) is 2.81. The maximum Gasteiger partial charge on any atom is 0.159 e. The fraction of sp³-hybridized carbons (Fsp3) is 0. The number of rotatable bonds is 0. The molecule has 0 unspecified atom stereocenters. The van der Waals surface area contributed by atoms with Crippen molar-refractivity contribution in [1.82, 2.24) is 0 Å². The Hall–Kier alpha value is -0.700. The van der Waals surface area contributed by atoms with Gasteiger partial charge in [-0.1, -0.05) is 23.9 Å². The molecule has 0 saturated heterocycles. The predicted molar refractivity (Wildman–Crippen MR) is 24.1 cm³/mol. The molecule has 0 aliphatic rings. The van der Waals surface area contributed by atoms with E-state index in [1.165, 1.54) is 0 Å². The smallest absolute Gasteiger partial charge is 0.159 e. The van der Waals surface area contributed by atoms with E-state index in [1.807, 2.05) is 0 Å². The normalized spacial score (nSPS) is 5.33. The van der Waals surface area contributed by atoms with Crippen LogP contribution < -0.4 is 0 Å². The van der Waals surface area contributed by atoms with E-state index in [0.29, 0.717) is 0 Å². The Balaban J connectivity index is 3.99. The summed E-state index contributed by atoms with van der Waals surface area (Å²) in [5.41, 5.74) is 2.19. The summed E-state index contributed by atoms with van der Waals surface area (Å²) in [6.07, 6.45) is 0. The van der Waals surface area contributed by atoms with Crippen LogP contribution in [0.2, 0.25) is 0 Å².